The molecule has 1 aliphatic heterocycles. The Labute approximate surface area is 113 Å². The highest BCUT2D eigenvalue weighted by Crippen LogP contribution is 2.32. The standard InChI is InChI=1S/C15H19N3O/c1-10-7-12-13(8-17-10)14(16)3-4-15(12)18(2)11-5-6-19-9-11/h3-4,7-8,11H,5-6,9,16H2,1-2H3. The predicted octanol–water partition coefficient (Wildman–Crippen LogP) is 2.35. The number of hydrogen-bond acceptors (Lipinski definition) is 4. The van der Waals surface area contributed by atoms with E-state index in [1.165, 1.54) is 11.1 Å². The molecule has 2 N–H and O–H groups in total. The second kappa shape index (κ2) is 4.70. The molecular weight excluding hydrogens is 238 g/mol. The Morgan fingerprint density at radius 1 is 1.37 bits per heavy atom. The van der Waals surface area contributed by atoms with E-state index in [0.29, 0.717) is 6.04 Å². The van der Waals surface area contributed by atoms with Crippen LogP contribution in [0.4, 0.5) is 11.4 Å². The van der Waals surface area contributed by atoms with Crippen LogP contribution in [-0.4, -0.2) is 31.3 Å². The van der Waals surface area contributed by atoms with Crippen molar-refractivity contribution in [3.8, 4) is 0 Å². The Hall–Kier alpha value is -1.81. The zero-order valence-electron chi connectivity index (χ0n) is 11.4. The molecule has 0 radical (unpaired) electrons. The van der Waals surface area contributed by atoms with Crippen LogP contribution in [0.2, 0.25) is 0 Å². The molecule has 3 rings (SSSR count). The van der Waals surface area contributed by atoms with Crippen molar-refractivity contribution < 1.29 is 4.74 Å². The summed E-state index contributed by atoms with van der Waals surface area (Å²) >= 11 is 0. The maximum absolute atomic E-state index is 6.05. The van der Waals surface area contributed by atoms with E-state index in [2.05, 4.69) is 29.1 Å². The van der Waals surface area contributed by atoms with Crippen LogP contribution in [0.15, 0.2) is 24.4 Å². The zero-order chi connectivity index (χ0) is 13.4. The topological polar surface area (TPSA) is 51.4 Å². The Balaban J connectivity index is 2.12. The lowest BCUT2D eigenvalue weighted by molar-refractivity contribution is 0.193. The van der Waals surface area contributed by atoms with Gasteiger partial charge in [0.25, 0.3) is 0 Å². The highest BCUT2D eigenvalue weighted by atomic mass is 16.5. The molecule has 2 aromatic rings. The summed E-state index contributed by atoms with van der Waals surface area (Å²) in [5.74, 6) is 0. The van der Waals surface area contributed by atoms with Crippen molar-refractivity contribution in [3.63, 3.8) is 0 Å². The van der Waals surface area contributed by atoms with Gasteiger partial charge in [-0.2, -0.15) is 0 Å². The van der Waals surface area contributed by atoms with Gasteiger partial charge < -0.3 is 15.4 Å². The summed E-state index contributed by atoms with van der Waals surface area (Å²) in [6, 6.07) is 6.60. The molecule has 1 saturated heterocycles. The first-order valence-electron chi connectivity index (χ1n) is 6.62. The molecule has 1 fully saturated rings. The predicted molar refractivity (Wildman–Crippen MR) is 78.5 cm³/mol. The number of aromatic nitrogens is 1. The smallest absolute Gasteiger partial charge is 0.0670 e. The first-order chi connectivity index (χ1) is 9.16. The first-order valence-corrected chi connectivity index (χ1v) is 6.62. The highest BCUT2D eigenvalue weighted by Gasteiger charge is 2.22. The fourth-order valence-corrected chi connectivity index (χ4v) is 2.68. The molecule has 0 amide bonds. The van der Waals surface area contributed by atoms with E-state index in [0.717, 1.165) is 36.4 Å². The minimum absolute atomic E-state index is 0.445. The Bertz CT molecular complexity index is 606. The van der Waals surface area contributed by atoms with E-state index in [4.69, 9.17) is 10.5 Å². The summed E-state index contributed by atoms with van der Waals surface area (Å²) in [4.78, 5) is 6.64. The van der Waals surface area contributed by atoms with Crippen LogP contribution in [0, 0.1) is 6.92 Å². The number of rotatable bonds is 2. The van der Waals surface area contributed by atoms with Gasteiger partial charge in [0, 0.05) is 47.7 Å². The van der Waals surface area contributed by atoms with Gasteiger partial charge in [0.2, 0.25) is 0 Å². The van der Waals surface area contributed by atoms with Gasteiger partial charge in [-0.1, -0.05) is 0 Å². The van der Waals surface area contributed by atoms with E-state index >= 15 is 0 Å². The molecule has 0 aliphatic carbocycles. The number of nitrogen functional groups attached to an aromatic ring is 1. The number of fused-ring (bicyclic) bond motifs is 1. The molecule has 0 bridgehead atoms. The third-order valence-electron chi connectivity index (χ3n) is 3.88. The fourth-order valence-electron chi connectivity index (χ4n) is 2.68. The van der Waals surface area contributed by atoms with Crippen molar-refractivity contribution >= 4 is 22.1 Å². The molecule has 4 heteroatoms. The molecule has 1 aromatic heterocycles. The van der Waals surface area contributed by atoms with Crippen molar-refractivity contribution in [1.82, 2.24) is 4.98 Å². The van der Waals surface area contributed by atoms with Crippen LogP contribution in [0.5, 0.6) is 0 Å². The van der Waals surface area contributed by atoms with E-state index in [1.807, 2.05) is 19.2 Å². The summed E-state index contributed by atoms with van der Waals surface area (Å²) in [6.07, 6.45) is 2.94. The van der Waals surface area contributed by atoms with Gasteiger partial charge in [-0.3, -0.25) is 4.98 Å². The van der Waals surface area contributed by atoms with Crippen molar-refractivity contribution in [2.24, 2.45) is 0 Å². The number of pyridine rings is 1. The molecule has 100 valence electrons. The quantitative estimate of drug-likeness (QED) is 0.839. The third kappa shape index (κ3) is 2.12. The molecule has 1 aromatic carbocycles. The van der Waals surface area contributed by atoms with Gasteiger partial charge in [-0.05, 0) is 31.5 Å². The molecule has 1 atom stereocenters. The van der Waals surface area contributed by atoms with E-state index in [9.17, 15) is 0 Å². The zero-order valence-corrected chi connectivity index (χ0v) is 11.4. The van der Waals surface area contributed by atoms with Crippen LogP contribution in [0.3, 0.4) is 0 Å². The van der Waals surface area contributed by atoms with Gasteiger partial charge in [0.1, 0.15) is 0 Å². The number of ether oxygens (including phenoxy) is 1. The monoisotopic (exact) mass is 257 g/mol. The molecular formula is C15H19N3O. The Morgan fingerprint density at radius 3 is 2.95 bits per heavy atom. The maximum atomic E-state index is 6.05. The SMILES string of the molecule is Cc1cc2c(N(C)C3CCOC3)ccc(N)c2cn1. The molecule has 19 heavy (non-hydrogen) atoms. The molecule has 2 heterocycles. The number of benzene rings is 1. The number of anilines is 2. The largest absolute Gasteiger partial charge is 0.398 e. The van der Waals surface area contributed by atoms with Crippen LogP contribution >= 0.6 is 0 Å². The number of hydrogen-bond donors (Lipinski definition) is 1. The Morgan fingerprint density at radius 2 is 2.21 bits per heavy atom. The number of likely N-dealkylation sites (N-methyl/N-ethyl adjacent to an activating group) is 1. The fraction of sp³-hybridized carbons (Fsp3) is 0.400. The van der Waals surface area contributed by atoms with Crippen LogP contribution in [0.25, 0.3) is 10.8 Å². The van der Waals surface area contributed by atoms with Crippen molar-refractivity contribution in [1.29, 1.82) is 0 Å². The molecule has 0 spiro atoms. The second-order valence-corrected chi connectivity index (χ2v) is 5.17. The van der Waals surface area contributed by atoms with Crippen LogP contribution in [-0.2, 0) is 4.74 Å². The lowest BCUT2D eigenvalue weighted by Crippen LogP contribution is -2.31. The van der Waals surface area contributed by atoms with Crippen molar-refractivity contribution in [3.05, 3.63) is 30.1 Å². The average molecular weight is 257 g/mol. The minimum atomic E-state index is 0.445. The minimum Gasteiger partial charge on any atom is -0.398 e. The third-order valence-corrected chi connectivity index (χ3v) is 3.88. The van der Waals surface area contributed by atoms with Gasteiger partial charge in [0.15, 0.2) is 0 Å². The Kier molecular flexibility index (Phi) is 3.03. The number of aryl methyl sites for hydroxylation is 1. The summed E-state index contributed by atoms with van der Waals surface area (Å²) < 4.78 is 5.48. The summed E-state index contributed by atoms with van der Waals surface area (Å²) in [5.41, 5.74) is 9.03. The van der Waals surface area contributed by atoms with E-state index in [-0.39, 0.29) is 0 Å². The molecule has 1 aliphatic rings. The normalized spacial score (nSPS) is 18.9. The van der Waals surface area contributed by atoms with E-state index in [1.54, 1.807) is 0 Å². The van der Waals surface area contributed by atoms with Crippen LogP contribution in [0.1, 0.15) is 12.1 Å². The van der Waals surface area contributed by atoms with Gasteiger partial charge >= 0.3 is 0 Å². The molecule has 1 unspecified atom stereocenters. The van der Waals surface area contributed by atoms with Gasteiger partial charge in [-0.15, -0.1) is 0 Å². The van der Waals surface area contributed by atoms with Crippen molar-refractivity contribution in [2.45, 2.75) is 19.4 Å². The summed E-state index contributed by atoms with van der Waals surface area (Å²) in [6.45, 7) is 3.65. The highest BCUT2D eigenvalue weighted by molar-refractivity contribution is 6.01. The number of nitrogens with two attached hydrogens (primary N) is 1. The second-order valence-electron chi connectivity index (χ2n) is 5.17. The lowest BCUT2D eigenvalue weighted by atomic mass is 10.1. The molecule has 4 nitrogen and oxygen atoms in total. The van der Waals surface area contributed by atoms with Gasteiger partial charge in [-0.25, -0.2) is 0 Å². The van der Waals surface area contributed by atoms with Crippen molar-refractivity contribution in [2.75, 3.05) is 30.9 Å². The van der Waals surface area contributed by atoms with Gasteiger partial charge in [0.05, 0.1) is 12.6 Å². The molecule has 0 saturated carbocycles. The van der Waals surface area contributed by atoms with Crippen LogP contribution < -0.4 is 10.6 Å². The lowest BCUT2D eigenvalue weighted by Gasteiger charge is -2.27. The first kappa shape index (κ1) is 12.2. The number of nitrogens with zero attached hydrogens (tertiary/aromatic N) is 2. The summed E-state index contributed by atoms with van der Waals surface area (Å²) in [5, 5.41) is 2.19. The maximum Gasteiger partial charge on any atom is 0.0670 e. The average Bonchev–Trinajstić information content (AvgIpc) is 2.92. The summed E-state index contributed by atoms with van der Waals surface area (Å²) in [7, 11) is 2.13. The van der Waals surface area contributed by atoms with E-state index < -0.39 is 0 Å².